The fraction of sp³-hybridized carbons (Fsp3) is 0.320. The molecule has 0 unspecified atom stereocenters. The number of aromatic nitrogens is 2. The highest BCUT2D eigenvalue weighted by molar-refractivity contribution is 5.85. The summed E-state index contributed by atoms with van der Waals surface area (Å²) >= 11 is 0. The van der Waals surface area contributed by atoms with Crippen molar-refractivity contribution in [1.29, 1.82) is 5.26 Å². The van der Waals surface area contributed by atoms with Crippen LogP contribution >= 0.6 is 12.4 Å². The molecule has 0 bridgehead atoms. The number of hydrogen-bond acceptors (Lipinski definition) is 5. The number of benzene rings is 1. The van der Waals surface area contributed by atoms with Crippen LogP contribution in [0.5, 0.6) is 0 Å². The van der Waals surface area contributed by atoms with Crippen molar-refractivity contribution in [3.63, 3.8) is 0 Å². The van der Waals surface area contributed by atoms with E-state index in [0.717, 1.165) is 55.8 Å². The van der Waals surface area contributed by atoms with Crippen molar-refractivity contribution in [2.75, 3.05) is 31.1 Å². The van der Waals surface area contributed by atoms with E-state index < -0.39 is 0 Å². The van der Waals surface area contributed by atoms with E-state index in [1.807, 2.05) is 37.3 Å². The van der Waals surface area contributed by atoms with Gasteiger partial charge >= 0.3 is 0 Å². The van der Waals surface area contributed by atoms with Gasteiger partial charge in [0.2, 0.25) is 0 Å². The molecule has 3 aromatic rings. The molecule has 3 heterocycles. The average Bonchev–Trinajstić information content (AvgIpc) is 3.32. The smallest absolute Gasteiger partial charge is 0.257 e. The number of allylic oxidation sites excluding steroid dienone is 1. The number of piperazine rings is 1. The lowest BCUT2D eigenvalue weighted by atomic mass is 10.0. The molecule has 6 nitrogen and oxygen atoms in total. The second-order valence-corrected chi connectivity index (χ2v) is 8.33. The topological polar surface area (TPSA) is 76.0 Å². The Kier molecular flexibility index (Phi) is 6.31. The highest BCUT2D eigenvalue weighted by atomic mass is 35.5. The Hall–Kier alpha value is -3.14. The number of halogens is 1. The molecule has 1 aromatic carbocycles. The molecule has 164 valence electrons. The van der Waals surface area contributed by atoms with Crippen molar-refractivity contribution >= 4 is 34.6 Å². The molecule has 0 spiro atoms. The van der Waals surface area contributed by atoms with Crippen molar-refractivity contribution in [3.05, 3.63) is 75.8 Å². The van der Waals surface area contributed by atoms with E-state index in [2.05, 4.69) is 31.9 Å². The minimum Gasteiger partial charge on any atom is -0.369 e. The summed E-state index contributed by atoms with van der Waals surface area (Å²) in [5.41, 5.74) is 5.82. The summed E-state index contributed by atoms with van der Waals surface area (Å²) in [5.74, 6) is 0. The molecule has 1 N–H and O–H groups in total. The zero-order valence-electron chi connectivity index (χ0n) is 18.0. The molecule has 1 atom stereocenters. The van der Waals surface area contributed by atoms with Crippen LogP contribution in [-0.4, -0.2) is 47.1 Å². The largest absolute Gasteiger partial charge is 0.369 e. The Labute approximate surface area is 193 Å². The van der Waals surface area contributed by atoms with E-state index in [9.17, 15) is 4.79 Å². The number of pyridine rings is 2. The predicted molar refractivity (Wildman–Crippen MR) is 130 cm³/mol. The van der Waals surface area contributed by atoms with Crippen LogP contribution in [0.4, 0.5) is 5.69 Å². The van der Waals surface area contributed by atoms with Gasteiger partial charge in [0.15, 0.2) is 0 Å². The molecule has 1 aliphatic carbocycles. The van der Waals surface area contributed by atoms with Gasteiger partial charge in [0.05, 0.1) is 22.5 Å². The number of aryl methyl sites for hydroxylation is 1. The van der Waals surface area contributed by atoms with Gasteiger partial charge in [0.25, 0.3) is 5.56 Å². The molecule has 0 amide bonds. The maximum Gasteiger partial charge on any atom is 0.257 e. The minimum atomic E-state index is -0.0657. The summed E-state index contributed by atoms with van der Waals surface area (Å²) in [6.45, 7) is 6.00. The Bertz CT molecular complexity index is 1250. The Balaban J connectivity index is 0.00000245. The summed E-state index contributed by atoms with van der Waals surface area (Å²) in [4.78, 5) is 25.0. The van der Waals surface area contributed by atoms with Gasteiger partial charge in [-0.2, -0.15) is 5.26 Å². The van der Waals surface area contributed by atoms with Gasteiger partial charge in [-0.05, 0) is 67.3 Å². The SMILES string of the molecule is Cc1c(C2=C[C@H](N3CCN(c4ccc(C#N)cc4)CC3)CC2)[nH]c(=O)c2cccnc12.Cl. The highest BCUT2D eigenvalue weighted by Gasteiger charge is 2.27. The zero-order chi connectivity index (χ0) is 21.4. The lowest BCUT2D eigenvalue weighted by Gasteiger charge is -2.38. The van der Waals surface area contributed by atoms with E-state index in [-0.39, 0.29) is 18.0 Å². The Morgan fingerprint density at radius 2 is 1.88 bits per heavy atom. The summed E-state index contributed by atoms with van der Waals surface area (Å²) < 4.78 is 0. The number of nitrogens with one attached hydrogen (secondary N) is 1. The summed E-state index contributed by atoms with van der Waals surface area (Å²) in [6, 6.07) is 14.1. The van der Waals surface area contributed by atoms with Crippen LogP contribution in [0.15, 0.2) is 53.5 Å². The molecule has 7 heteroatoms. The second kappa shape index (κ2) is 9.15. The zero-order valence-corrected chi connectivity index (χ0v) is 18.9. The van der Waals surface area contributed by atoms with Crippen LogP contribution in [0, 0.1) is 18.3 Å². The summed E-state index contributed by atoms with van der Waals surface area (Å²) in [5, 5.41) is 9.63. The molecule has 1 aliphatic heterocycles. The maximum atomic E-state index is 12.5. The fourth-order valence-electron chi connectivity index (χ4n) is 4.86. The first-order chi connectivity index (χ1) is 15.1. The van der Waals surface area contributed by atoms with Gasteiger partial charge in [-0.15, -0.1) is 12.4 Å². The number of rotatable bonds is 3. The Morgan fingerprint density at radius 1 is 1.12 bits per heavy atom. The maximum absolute atomic E-state index is 12.5. The summed E-state index contributed by atoms with van der Waals surface area (Å²) in [6.07, 6.45) is 6.13. The van der Waals surface area contributed by atoms with Crippen molar-refractivity contribution < 1.29 is 0 Å². The van der Waals surface area contributed by atoms with E-state index in [1.165, 1.54) is 11.3 Å². The first-order valence-electron chi connectivity index (χ1n) is 10.8. The lowest BCUT2D eigenvalue weighted by Crippen LogP contribution is -2.49. The van der Waals surface area contributed by atoms with Crippen molar-refractivity contribution in [3.8, 4) is 6.07 Å². The van der Waals surface area contributed by atoms with Crippen LogP contribution in [0.3, 0.4) is 0 Å². The third-order valence-corrected chi connectivity index (χ3v) is 6.59. The molecular formula is C25H26ClN5O. The summed E-state index contributed by atoms with van der Waals surface area (Å²) in [7, 11) is 0. The fourth-order valence-corrected chi connectivity index (χ4v) is 4.86. The quantitative estimate of drug-likeness (QED) is 0.659. The van der Waals surface area contributed by atoms with Crippen LogP contribution in [-0.2, 0) is 0 Å². The van der Waals surface area contributed by atoms with Crippen LogP contribution < -0.4 is 10.5 Å². The third kappa shape index (κ3) is 4.02. The van der Waals surface area contributed by atoms with E-state index in [4.69, 9.17) is 5.26 Å². The monoisotopic (exact) mass is 447 g/mol. The van der Waals surface area contributed by atoms with Crippen molar-refractivity contribution in [2.24, 2.45) is 0 Å². The normalized spacial score (nSPS) is 18.8. The number of nitrogens with zero attached hydrogens (tertiary/aromatic N) is 4. The molecule has 2 aliphatic rings. The van der Waals surface area contributed by atoms with Crippen molar-refractivity contribution in [2.45, 2.75) is 25.8 Å². The van der Waals surface area contributed by atoms with Gasteiger partial charge in [0.1, 0.15) is 0 Å². The van der Waals surface area contributed by atoms with Gasteiger partial charge in [-0.3, -0.25) is 14.7 Å². The molecule has 5 rings (SSSR count). The average molecular weight is 448 g/mol. The molecule has 1 fully saturated rings. The van der Waals surface area contributed by atoms with Crippen molar-refractivity contribution in [1.82, 2.24) is 14.9 Å². The van der Waals surface area contributed by atoms with E-state index >= 15 is 0 Å². The molecule has 0 saturated carbocycles. The molecule has 2 aromatic heterocycles. The van der Waals surface area contributed by atoms with Crippen LogP contribution in [0.25, 0.3) is 16.5 Å². The molecular weight excluding hydrogens is 422 g/mol. The highest BCUT2D eigenvalue weighted by Crippen LogP contribution is 2.32. The number of H-pyrrole nitrogens is 1. The van der Waals surface area contributed by atoms with Gasteiger partial charge in [0, 0.05) is 49.8 Å². The van der Waals surface area contributed by atoms with Crippen LogP contribution in [0.2, 0.25) is 0 Å². The van der Waals surface area contributed by atoms with Gasteiger partial charge in [-0.25, -0.2) is 0 Å². The number of fused-ring (bicyclic) bond motifs is 1. The first kappa shape index (κ1) is 22.1. The van der Waals surface area contributed by atoms with Gasteiger partial charge in [-0.1, -0.05) is 6.08 Å². The lowest BCUT2D eigenvalue weighted by molar-refractivity contribution is 0.214. The number of nitriles is 1. The van der Waals surface area contributed by atoms with Crippen LogP contribution in [0.1, 0.15) is 29.7 Å². The predicted octanol–water partition coefficient (Wildman–Crippen LogP) is 3.89. The van der Waals surface area contributed by atoms with E-state index in [0.29, 0.717) is 17.0 Å². The molecule has 32 heavy (non-hydrogen) atoms. The first-order valence-corrected chi connectivity index (χ1v) is 10.8. The number of aromatic amines is 1. The standard InChI is InChI=1S/C25H25N5O.ClH/c1-17-23(28-25(31)22-3-2-10-27-24(17)22)19-6-9-21(15-19)30-13-11-29(12-14-30)20-7-4-18(16-26)5-8-20;/h2-5,7-8,10,15,21H,6,9,11-14H2,1H3,(H,28,31);1H/t21-;/m1./s1. The molecule has 0 radical (unpaired) electrons. The Morgan fingerprint density at radius 3 is 2.59 bits per heavy atom. The minimum absolute atomic E-state index is 0. The second-order valence-electron chi connectivity index (χ2n) is 8.33. The van der Waals surface area contributed by atoms with E-state index in [1.54, 1.807) is 12.3 Å². The third-order valence-electron chi connectivity index (χ3n) is 6.59. The number of hydrogen-bond donors (Lipinski definition) is 1. The number of anilines is 1. The molecule has 1 saturated heterocycles. The van der Waals surface area contributed by atoms with Gasteiger partial charge < -0.3 is 9.88 Å².